The van der Waals surface area contributed by atoms with Crippen molar-refractivity contribution in [3.05, 3.63) is 29.8 Å². The van der Waals surface area contributed by atoms with E-state index in [1.807, 2.05) is 4.90 Å². The molecule has 1 fully saturated rings. The normalized spacial score (nSPS) is 14.8. The van der Waals surface area contributed by atoms with Crippen molar-refractivity contribution in [3.63, 3.8) is 0 Å². The van der Waals surface area contributed by atoms with E-state index in [4.69, 9.17) is 5.73 Å². The number of carbonyl (C=O) groups excluding carboxylic acids is 2. The van der Waals surface area contributed by atoms with Crippen molar-refractivity contribution in [1.29, 1.82) is 0 Å². The Hall–Kier alpha value is -1.75. The number of nitrogens with one attached hydrogen (secondary N) is 1. The van der Waals surface area contributed by atoms with Crippen LogP contribution < -0.4 is 11.1 Å². The number of nitrogen functional groups attached to an aromatic ring is 1. The maximum Gasteiger partial charge on any atom is 0.253 e. The molecule has 1 aromatic rings. The van der Waals surface area contributed by atoms with E-state index in [0.717, 1.165) is 38.6 Å². The Labute approximate surface area is 150 Å². The molecule has 0 aliphatic carbocycles. The fourth-order valence-corrected chi connectivity index (χ4v) is 2.88. The van der Waals surface area contributed by atoms with Gasteiger partial charge in [0.15, 0.2) is 0 Å². The van der Waals surface area contributed by atoms with Crippen molar-refractivity contribution in [2.45, 2.75) is 39.0 Å². The minimum atomic E-state index is 0. The third kappa shape index (κ3) is 5.71. The van der Waals surface area contributed by atoms with Gasteiger partial charge in [-0.1, -0.05) is 19.8 Å². The van der Waals surface area contributed by atoms with E-state index in [2.05, 4.69) is 12.2 Å². The van der Waals surface area contributed by atoms with Gasteiger partial charge in [-0.15, -0.1) is 12.4 Å². The molecule has 24 heavy (non-hydrogen) atoms. The molecule has 1 aliphatic rings. The van der Waals surface area contributed by atoms with Gasteiger partial charge in [0.2, 0.25) is 5.91 Å². The quantitative estimate of drug-likeness (QED) is 0.610. The van der Waals surface area contributed by atoms with Crippen LogP contribution in [0.5, 0.6) is 0 Å². The monoisotopic (exact) mass is 353 g/mol. The summed E-state index contributed by atoms with van der Waals surface area (Å²) in [5, 5.41) is 3.01. The Morgan fingerprint density at radius 2 is 1.79 bits per heavy atom. The number of benzene rings is 1. The van der Waals surface area contributed by atoms with Gasteiger partial charge in [0.1, 0.15) is 0 Å². The van der Waals surface area contributed by atoms with Crippen LogP contribution >= 0.6 is 12.4 Å². The molecule has 5 nitrogen and oxygen atoms in total. The molecule has 1 aliphatic heterocycles. The zero-order valence-corrected chi connectivity index (χ0v) is 15.1. The molecule has 0 saturated carbocycles. The molecule has 2 amide bonds. The van der Waals surface area contributed by atoms with Crippen LogP contribution in [-0.4, -0.2) is 36.3 Å². The maximum atomic E-state index is 12.4. The highest BCUT2D eigenvalue weighted by molar-refractivity contribution is 5.94. The number of hydrogen-bond acceptors (Lipinski definition) is 3. The third-order valence-corrected chi connectivity index (χ3v) is 4.39. The van der Waals surface area contributed by atoms with E-state index < -0.39 is 0 Å². The van der Waals surface area contributed by atoms with Gasteiger partial charge in [-0.2, -0.15) is 0 Å². The summed E-state index contributed by atoms with van der Waals surface area (Å²) in [6.45, 7) is 4.18. The Balaban J connectivity index is 0.00000288. The average Bonchev–Trinajstić information content (AvgIpc) is 2.59. The molecule has 1 aromatic carbocycles. The van der Waals surface area contributed by atoms with Gasteiger partial charge >= 0.3 is 0 Å². The molecule has 3 N–H and O–H groups in total. The minimum absolute atomic E-state index is 0. The highest BCUT2D eigenvalue weighted by Crippen LogP contribution is 2.19. The van der Waals surface area contributed by atoms with Gasteiger partial charge in [0, 0.05) is 36.8 Å². The highest BCUT2D eigenvalue weighted by Gasteiger charge is 2.27. The number of rotatable bonds is 6. The maximum absolute atomic E-state index is 12.4. The topological polar surface area (TPSA) is 75.4 Å². The van der Waals surface area contributed by atoms with Gasteiger partial charge in [0.25, 0.3) is 5.91 Å². The van der Waals surface area contributed by atoms with Crippen LogP contribution in [0.2, 0.25) is 0 Å². The van der Waals surface area contributed by atoms with Crippen LogP contribution in [-0.2, 0) is 4.79 Å². The molecule has 0 unspecified atom stereocenters. The fourth-order valence-electron chi connectivity index (χ4n) is 2.88. The minimum Gasteiger partial charge on any atom is -0.399 e. The van der Waals surface area contributed by atoms with Crippen molar-refractivity contribution in [2.24, 2.45) is 5.92 Å². The first kappa shape index (κ1) is 20.3. The number of unbranched alkanes of at least 4 members (excludes halogenated alkanes) is 2. The number of piperidine rings is 1. The van der Waals surface area contributed by atoms with Crippen molar-refractivity contribution in [1.82, 2.24) is 10.2 Å². The van der Waals surface area contributed by atoms with E-state index in [1.54, 1.807) is 24.3 Å². The number of nitrogens with two attached hydrogens (primary N) is 1. The standard InChI is InChI=1S/C18H27N3O2.ClH/c1-2-3-4-11-20-17(22)14-9-12-21(13-10-14)18(23)15-5-7-16(19)8-6-15;/h5-8,14H,2-4,9-13,19H2,1H3,(H,20,22);1H. The summed E-state index contributed by atoms with van der Waals surface area (Å²) in [7, 11) is 0. The predicted octanol–water partition coefficient (Wildman–Crippen LogP) is 2.85. The Kier molecular flexibility index (Phi) is 8.61. The van der Waals surface area contributed by atoms with E-state index in [1.165, 1.54) is 0 Å². The van der Waals surface area contributed by atoms with Gasteiger partial charge < -0.3 is 16.0 Å². The summed E-state index contributed by atoms with van der Waals surface area (Å²) in [5.41, 5.74) is 6.95. The van der Waals surface area contributed by atoms with Crippen molar-refractivity contribution in [3.8, 4) is 0 Å². The predicted molar refractivity (Wildman–Crippen MR) is 99.3 cm³/mol. The molecule has 0 spiro atoms. The van der Waals surface area contributed by atoms with Crippen molar-refractivity contribution >= 4 is 29.9 Å². The second-order valence-corrected chi connectivity index (χ2v) is 6.19. The lowest BCUT2D eigenvalue weighted by atomic mass is 9.95. The molecule has 0 atom stereocenters. The smallest absolute Gasteiger partial charge is 0.253 e. The SMILES string of the molecule is CCCCCNC(=O)C1CCN(C(=O)c2ccc(N)cc2)CC1.Cl. The lowest BCUT2D eigenvalue weighted by Gasteiger charge is -2.31. The third-order valence-electron chi connectivity index (χ3n) is 4.39. The molecule has 0 radical (unpaired) electrons. The van der Waals surface area contributed by atoms with E-state index >= 15 is 0 Å². The lowest BCUT2D eigenvalue weighted by Crippen LogP contribution is -2.43. The summed E-state index contributed by atoms with van der Waals surface area (Å²) in [4.78, 5) is 26.4. The van der Waals surface area contributed by atoms with Crippen LogP contribution in [0.15, 0.2) is 24.3 Å². The van der Waals surface area contributed by atoms with Crippen LogP contribution in [0, 0.1) is 5.92 Å². The van der Waals surface area contributed by atoms with Gasteiger partial charge in [-0.25, -0.2) is 0 Å². The van der Waals surface area contributed by atoms with Crippen LogP contribution in [0.3, 0.4) is 0 Å². The summed E-state index contributed by atoms with van der Waals surface area (Å²) >= 11 is 0. The van der Waals surface area contributed by atoms with Crippen LogP contribution in [0.25, 0.3) is 0 Å². The zero-order chi connectivity index (χ0) is 16.7. The summed E-state index contributed by atoms with van der Waals surface area (Å²) in [5.74, 6) is 0.194. The summed E-state index contributed by atoms with van der Waals surface area (Å²) in [6, 6.07) is 6.99. The lowest BCUT2D eigenvalue weighted by molar-refractivity contribution is -0.126. The van der Waals surface area contributed by atoms with E-state index in [0.29, 0.717) is 24.3 Å². The van der Waals surface area contributed by atoms with E-state index in [9.17, 15) is 9.59 Å². The molecular weight excluding hydrogens is 326 g/mol. The molecular formula is C18H28ClN3O2. The first-order valence-corrected chi connectivity index (χ1v) is 8.54. The fraction of sp³-hybridized carbons (Fsp3) is 0.556. The first-order valence-electron chi connectivity index (χ1n) is 8.54. The molecule has 0 aromatic heterocycles. The molecule has 0 bridgehead atoms. The molecule has 6 heteroatoms. The van der Waals surface area contributed by atoms with Crippen LogP contribution in [0.4, 0.5) is 5.69 Å². The summed E-state index contributed by atoms with van der Waals surface area (Å²) in [6.07, 6.45) is 4.81. The van der Waals surface area contributed by atoms with Crippen LogP contribution in [0.1, 0.15) is 49.4 Å². The summed E-state index contributed by atoms with van der Waals surface area (Å²) < 4.78 is 0. The number of anilines is 1. The van der Waals surface area contributed by atoms with Gasteiger partial charge in [-0.05, 0) is 43.5 Å². The van der Waals surface area contributed by atoms with Crippen molar-refractivity contribution in [2.75, 3.05) is 25.4 Å². The largest absolute Gasteiger partial charge is 0.399 e. The second kappa shape index (κ2) is 10.2. The Morgan fingerprint density at radius 1 is 1.17 bits per heavy atom. The number of halogens is 1. The first-order chi connectivity index (χ1) is 11.1. The molecule has 134 valence electrons. The van der Waals surface area contributed by atoms with Gasteiger partial charge in [0.05, 0.1) is 0 Å². The van der Waals surface area contributed by atoms with Gasteiger partial charge in [-0.3, -0.25) is 9.59 Å². The Bertz CT molecular complexity index is 526. The zero-order valence-electron chi connectivity index (χ0n) is 14.3. The molecule has 1 heterocycles. The number of carbonyl (C=O) groups is 2. The number of likely N-dealkylation sites (tertiary alicyclic amines) is 1. The molecule has 1 saturated heterocycles. The number of nitrogens with zero attached hydrogens (tertiary/aromatic N) is 1. The van der Waals surface area contributed by atoms with Crippen molar-refractivity contribution < 1.29 is 9.59 Å². The second-order valence-electron chi connectivity index (χ2n) is 6.19. The average molecular weight is 354 g/mol. The number of hydrogen-bond donors (Lipinski definition) is 2. The van der Waals surface area contributed by atoms with E-state index in [-0.39, 0.29) is 30.1 Å². The number of amides is 2. The highest BCUT2D eigenvalue weighted by atomic mass is 35.5. The molecule has 2 rings (SSSR count). The Morgan fingerprint density at radius 3 is 2.38 bits per heavy atom.